The zero-order valence-electron chi connectivity index (χ0n) is 10.5. The van der Waals surface area contributed by atoms with Crippen LogP contribution in [0, 0.1) is 0 Å². The molecule has 1 N–H and O–H groups in total. The monoisotopic (exact) mass is 274 g/mol. The van der Waals surface area contributed by atoms with E-state index in [1.54, 1.807) is 18.3 Å². The molecule has 19 heavy (non-hydrogen) atoms. The summed E-state index contributed by atoms with van der Waals surface area (Å²) in [5, 5.41) is 0.658. The van der Waals surface area contributed by atoms with Gasteiger partial charge in [0.05, 0.1) is 12.2 Å². The topological polar surface area (TPSA) is 51.2 Å². The summed E-state index contributed by atoms with van der Waals surface area (Å²) in [4.78, 5) is 22.1. The lowest BCUT2D eigenvalue weighted by atomic mass is 10.3. The van der Waals surface area contributed by atoms with Crippen molar-refractivity contribution in [2.75, 3.05) is 6.61 Å². The van der Waals surface area contributed by atoms with E-state index in [2.05, 4.69) is 10.5 Å². The molecule has 0 fully saturated rings. The lowest BCUT2D eigenvalue weighted by Crippen LogP contribution is -2.24. The van der Waals surface area contributed by atoms with Crippen LogP contribution in [0.15, 0.2) is 58.6 Å². The van der Waals surface area contributed by atoms with Gasteiger partial charge in [-0.3, -0.25) is 9.63 Å². The van der Waals surface area contributed by atoms with Crippen LogP contribution in [0.1, 0.15) is 17.3 Å². The van der Waals surface area contributed by atoms with E-state index < -0.39 is 0 Å². The van der Waals surface area contributed by atoms with Crippen LogP contribution in [0.2, 0.25) is 0 Å². The minimum absolute atomic E-state index is 0.284. The lowest BCUT2D eigenvalue weighted by Gasteiger charge is -2.08. The van der Waals surface area contributed by atoms with Gasteiger partial charge in [-0.25, -0.2) is 10.5 Å². The Kier molecular flexibility index (Phi) is 4.94. The molecule has 2 aromatic rings. The smallest absolute Gasteiger partial charge is 0.274 e. The molecule has 0 atom stereocenters. The summed E-state index contributed by atoms with van der Waals surface area (Å²) >= 11 is 1.45. The Morgan fingerprint density at radius 2 is 2.05 bits per heavy atom. The van der Waals surface area contributed by atoms with E-state index in [4.69, 9.17) is 4.84 Å². The van der Waals surface area contributed by atoms with Crippen LogP contribution in [-0.4, -0.2) is 17.5 Å². The van der Waals surface area contributed by atoms with Gasteiger partial charge in [0.15, 0.2) is 0 Å². The van der Waals surface area contributed by atoms with E-state index in [9.17, 15) is 4.79 Å². The van der Waals surface area contributed by atoms with E-state index >= 15 is 0 Å². The van der Waals surface area contributed by atoms with Crippen molar-refractivity contribution in [2.45, 2.75) is 16.8 Å². The van der Waals surface area contributed by atoms with E-state index in [1.165, 1.54) is 11.8 Å². The van der Waals surface area contributed by atoms with Gasteiger partial charge in [0.1, 0.15) is 5.03 Å². The summed E-state index contributed by atoms with van der Waals surface area (Å²) in [6, 6.07) is 13.3. The Hall–Kier alpha value is -1.85. The van der Waals surface area contributed by atoms with Crippen molar-refractivity contribution in [1.29, 1.82) is 0 Å². The first-order chi connectivity index (χ1) is 9.31. The van der Waals surface area contributed by atoms with E-state index in [0.717, 1.165) is 4.90 Å². The van der Waals surface area contributed by atoms with Gasteiger partial charge in [0, 0.05) is 11.1 Å². The van der Waals surface area contributed by atoms with Crippen molar-refractivity contribution in [2.24, 2.45) is 0 Å². The standard InChI is InChI=1S/C14H14N2O2S/c1-2-18-16-13(17)12-9-6-10-15-14(12)19-11-7-4-3-5-8-11/h3-10H,2H2,1H3,(H,16,17). The average molecular weight is 274 g/mol. The number of hydrogen-bond acceptors (Lipinski definition) is 4. The van der Waals surface area contributed by atoms with Crippen LogP contribution in [0.4, 0.5) is 0 Å². The summed E-state index contributed by atoms with van der Waals surface area (Å²) in [6.45, 7) is 2.23. The molecule has 0 spiro atoms. The number of pyridine rings is 1. The summed E-state index contributed by atoms with van der Waals surface area (Å²) in [6.07, 6.45) is 1.67. The highest BCUT2D eigenvalue weighted by molar-refractivity contribution is 7.99. The molecule has 0 saturated heterocycles. The summed E-state index contributed by atoms with van der Waals surface area (Å²) in [5.41, 5.74) is 2.89. The van der Waals surface area contributed by atoms with E-state index in [-0.39, 0.29) is 5.91 Å². The fraction of sp³-hybridized carbons (Fsp3) is 0.143. The molecule has 4 nitrogen and oxygen atoms in total. The van der Waals surface area contributed by atoms with Gasteiger partial charge in [-0.15, -0.1) is 0 Å². The van der Waals surface area contributed by atoms with Crippen molar-refractivity contribution in [3.8, 4) is 0 Å². The van der Waals surface area contributed by atoms with E-state index in [1.807, 2.05) is 37.3 Å². The Morgan fingerprint density at radius 3 is 2.79 bits per heavy atom. The van der Waals surface area contributed by atoms with Crippen molar-refractivity contribution in [3.63, 3.8) is 0 Å². The second-order valence-electron chi connectivity index (χ2n) is 3.64. The van der Waals surface area contributed by atoms with Crippen molar-refractivity contribution in [3.05, 3.63) is 54.2 Å². The third-order valence-corrected chi connectivity index (χ3v) is 3.31. The number of nitrogens with one attached hydrogen (secondary N) is 1. The molecule has 1 amide bonds. The number of aromatic nitrogens is 1. The fourth-order valence-electron chi connectivity index (χ4n) is 1.44. The number of rotatable bonds is 5. The molecule has 0 aliphatic carbocycles. The Labute approximate surface area is 116 Å². The van der Waals surface area contributed by atoms with Crippen LogP contribution in [0.3, 0.4) is 0 Å². The van der Waals surface area contributed by atoms with Gasteiger partial charge in [-0.2, -0.15) is 0 Å². The fourth-order valence-corrected chi connectivity index (χ4v) is 2.34. The Balaban J connectivity index is 2.19. The number of amides is 1. The van der Waals surface area contributed by atoms with Gasteiger partial charge in [-0.1, -0.05) is 30.0 Å². The molecule has 0 radical (unpaired) electrons. The van der Waals surface area contributed by atoms with Crippen molar-refractivity contribution < 1.29 is 9.63 Å². The quantitative estimate of drug-likeness (QED) is 0.852. The maximum Gasteiger partial charge on any atom is 0.277 e. The average Bonchev–Trinajstić information content (AvgIpc) is 2.46. The molecule has 98 valence electrons. The number of carbonyl (C=O) groups is 1. The lowest BCUT2D eigenvalue weighted by molar-refractivity contribution is 0.0361. The zero-order chi connectivity index (χ0) is 13.5. The van der Waals surface area contributed by atoms with Crippen LogP contribution in [0.25, 0.3) is 0 Å². The Bertz CT molecular complexity index is 546. The molecule has 0 unspecified atom stereocenters. The zero-order valence-corrected chi connectivity index (χ0v) is 11.3. The first-order valence-electron chi connectivity index (χ1n) is 5.91. The predicted octanol–water partition coefficient (Wildman–Crippen LogP) is 2.91. The molecule has 0 saturated carbocycles. The SMILES string of the molecule is CCONC(=O)c1cccnc1Sc1ccccc1. The third-order valence-electron chi connectivity index (χ3n) is 2.28. The summed E-state index contributed by atoms with van der Waals surface area (Å²) < 4.78 is 0. The minimum atomic E-state index is -0.284. The highest BCUT2D eigenvalue weighted by Gasteiger charge is 2.13. The highest BCUT2D eigenvalue weighted by Crippen LogP contribution is 2.28. The maximum atomic E-state index is 11.9. The molecule has 0 aliphatic rings. The van der Waals surface area contributed by atoms with Gasteiger partial charge >= 0.3 is 0 Å². The molecular formula is C14H14N2O2S. The second kappa shape index (κ2) is 6.92. The number of hydrogen-bond donors (Lipinski definition) is 1. The van der Waals surface area contributed by atoms with Gasteiger partial charge in [0.25, 0.3) is 5.91 Å². The Morgan fingerprint density at radius 1 is 1.26 bits per heavy atom. The molecule has 1 aromatic carbocycles. The molecule has 1 aromatic heterocycles. The normalized spacial score (nSPS) is 10.2. The molecule has 1 heterocycles. The van der Waals surface area contributed by atoms with Crippen LogP contribution < -0.4 is 5.48 Å². The number of benzene rings is 1. The molecular weight excluding hydrogens is 260 g/mol. The van der Waals surface area contributed by atoms with Gasteiger partial charge < -0.3 is 0 Å². The van der Waals surface area contributed by atoms with E-state index in [0.29, 0.717) is 17.2 Å². The molecule has 0 bridgehead atoms. The number of nitrogens with zero attached hydrogens (tertiary/aromatic N) is 1. The first kappa shape index (κ1) is 13.6. The second-order valence-corrected chi connectivity index (χ2v) is 4.70. The first-order valence-corrected chi connectivity index (χ1v) is 6.73. The van der Waals surface area contributed by atoms with Gasteiger partial charge in [0.2, 0.25) is 0 Å². The molecule has 0 aliphatic heterocycles. The van der Waals surface area contributed by atoms with Crippen LogP contribution in [-0.2, 0) is 4.84 Å². The van der Waals surface area contributed by atoms with Crippen LogP contribution in [0.5, 0.6) is 0 Å². The summed E-state index contributed by atoms with van der Waals surface area (Å²) in [5.74, 6) is -0.284. The van der Waals surface area contributed by atoms with Gasteiger partial charge in [-0.05, 0) is 31.2 Å². The van der Waals surface area contributed by atoms with Crippen molar-refractivity contribution >= 4 is 17.7 Å². The maximum absolute atomic E-state index is 11.9. The third kappa shape index (κ3) is 3.81. The van der Waals surface area contributed by atoms with Crippen LogP contribution >= 0.6 is 11.8 Å². The molecule has 5 heteroatoms. The number of carbonyl (C=O) groups excluding carboxylic acids is 1. The largest absolute Gasteiger partial charge is 0.277 e. The summed E-state index contributed by atoms with van der Waals surface area (Å²) in [7, 11) is 0. The predicted molar refractivity (Wildman–Crippen MR) is 73.9 cm³/mol. The highest BCUT2D eigenvalue weighted by atomic mass is 32.2. The minimum Gasteiger partial charge on any atom is -0.274 e. The van der Waals surface area contributed by atoms with Crippen molar-refractivity contribution in [1.82, 2.24) is 10.5 Å². The number of hydroxylamine groups is 1. The molecule has 2 rings (SSSR count).